The Balaban J connectivity index is 1.46. The van der Waals surface area contributed by atoms with Gasteiger partial charge in [0.15, 0.2) is 0 Å². The molecule has 158 valence electrons. The van der Waals surface area contributed by atoms with Crippen molar-refractivity contribution in [3.63, 3.8) is 0 Å². The molecule has 1 fully saturated rings. The maximum absolute atomic E-state index is 12.2. The quantitative estimate of drug-likeness (QED) is 0.464. The third-order valence-corrected chi connectivity index (χ3v) is 5.52. The summed E-state index contributed by atoms with van der Waals surface area (Å²) >= 11 is 0. The van der Waals surface area contributed by atoms with E-state index in [0.717, 1.165) is 19.3 Å². The predicted octanol–water partition coefficient (Wildman–Crippen LogP) is 7.42. The van der Waals surface area contributed by atoms with E-state index >= 15 is 0 Å². The van der Waals surface area contributed by atoms with E-state index in [-0.39, 0.29) is 5.75 Å². The second-order valence-electron chi connectivity index (χ2n) is 7.80. The van der Waals surface area contributed by atoms with Crippen molar-refractivity contribution in [2.24, 2.45) is 5.92 Å². The molecule has 0 radical (unpaired) electrons. The lowest BCUT2D eigenvalue weighted by Crippen LogP contribution is -2.16. The zero-order chi connectivity index (χ0) is 21.4. The molecule has 0 bridgehead atoms. The van der Waals surface area contributed by atoms with Crippen molar-refractivity contribution in [2.75, 3.05) is 0 Å². The minimum absolute atomic E-state index is 0.236. The first kappa shape index (κ1) is 22.0. The standard InChI is InChI=1S/C26H27F3O/c1-2-5-20-8-14-23(15-9-20)24-16-10-21(11-17-24)6-3-4-7-22-12-18-25(19-13-22)30-26(27,28)29/h3,6,8-9,12-15,18-19,21,24H,2,5,10-11,16-17H2,1H3/b6-3+. The van der Waals surface area contributed by atoms with Crippen molar-refractivity contribution < 1.29 is 17.9 Å². The molecule has 0 unspecified atom stereocenters. The van der Waals surface area contributed by atoms with Gasteiger partial charge < -0.3 is 4.74 Å². The van der Waals surface area contributed by atoms with Crippen LogP contribution in [-0.4, -0.2) is 6.36 Å². The Morgan fingerprint density at radius 1 is 0.967 bits per heavy atom. The first-order valence-electron chi connectivity index (χ1n) is 10.6. The number of hydrogen-bond donors (Lipinski definition) is 0. The lowest BCUT2D eigenvalue weighted by Gasteiger charge is -2.27. The molecule has 0 spiro atoms. The van der Waals surface area contributed by atoms with Crippen LogP contribution < -0.4 is 4.74 Å². The molecule has 0 saturated heterocycles. The highest BCUT2D eigenvalue weighted by atomic mass is 19.4. The van der Waals surface area contributed by atoms with Crippen LogP contribution in [0.1, 0.15) is 61.6 Å². The molecule has 4 heteroatoms. The molecule has 0 N–H and O–H groups in total. The fraction of sp³-hybridized carbons (Fsp3) is 0.385. The van der Waals surface area contributed by atoms with Crippen molar-refractivity contribution in [1.29, 1.82) is 0 Å². The van der Waals surface area contributed by atoms with E-state index in [9.17, 15) is 13.2 Å². The molecule has 0 heterocycles. The van der Waals surface area contributed by atoms with Crippen molar-refractivity contribution in [2.45, 2.75) is 57.7 Å². The van der Waals surface area contributed by atoms with E-state index in [2.05, 4.69) is 53.8 Å². The van der Waals surface area contributed by atoms with E-state index < -0.39 is 6.36 Å². The summed E-state index contributed by atoms with van der Waals surface area (Å²) in [5.74, 6) is 6.89. The van der Waals surface area contributed by atoms with Crippen LogP contribution in [0.2, 0.25) is 0 Å². The number of allylic oxidation sites excluding steroid dienone is 2. The second-order valence-corrected chi connectivity index (χ2v) is 7.80. The molecule has 1 aliphatic rings. The van der Waals surface area contributed by atoms with Gasteiger partial charge in [0.1, 0.15) is 5.75 Å². The van der Waals surface area contributed by atoms with Crippen LogP contribution in [0.15, 0.2) is 60.7 Å². The van der Waals surface area contributed by atoms with Gasteiger partial charge in [-0.3, -0.25) is 0 Å². The van der Waals surface area contributed by atoms with Crippen molar-refractivity contribution in [1.82, 2.24) is 0 Å². The summed E-state index contributed by atoms with van der Waals surface area (Å²) in [4.78, 5) is 0. The van der Waals surface area contributed by atoms with Gasteiger partial charge in [-0.25, -0.2) is 0 Å². The summed E-state index contributed by atoms with van der Waals surface area (Å²) in [6, 6.07) is 14.7. The lowest BCUT2D eigenvalue weighted by molar-refractivity contribution is -0.274. The van der Waals surface area contributed by atoms with Crippen LogP contribution in [-0.2, 0) is 6.42 Å². The largest absolute Gasteiger partial charge is 0.573 e. The zero-order valence-electron chi connectivity index (χ0n) is 17.2. The van der Waals surface area contributed by atoms with Gasteiger partial charge in [0.2, 0.25) is 0 Å². The highest BCUT2D eigenvalue weighted by molar-refractivity contribution is 5.40. The van der Waals surface area contributed by atoms with Crippen LogP contribution in [0.5, 0.6) is 5.75 Å². The SMILES string of the molecule is CCCc1ccc(C2CCC(/C=C/C#Cc3ccc(OC(F)(F)F)cc3)CC2)cc1. The van der Waals surface area contributed by atoms with Gasteiger partial charge in [-0.1, -0.05) is 55.5 Å². The Bertz CT molecular complexity index is 875. The summed E-state index contributed by atoms with van der Waals surface area (Å²) in [6.07, 6.45) is 6.37. The minimum Gasteiger partial charge on any atom is -0.406 e. The number of aryl methyl sites for hydroxylation is 1. The highest BCUT2D eigenvalue weighted by Gasteiger charge is 2.30. The van der Waals surface area contributed by atoms with Crippen LogP contribution in [0, 0.1) is 17.8 Å². The third-order valence-electron chi connectivity index (χ3n) is 5.52. The molecule has 0 amide bonds. The number of alkyl halides is 3. The van der Waals surface area contributed by atoms with Crippen LogP contribution in [0.3, 0.4) is 0 Å². The van der Waals surface area contributed by atoms with Crippen LogP contribution >= 0.6 is 0 Å². The Labute approximate surface area is 177 Å². The van der Waals surface area contributed by atoms with Crippen molar-refractivity contribution >= 4 is 0 Å². The first-order valence-corrected chi connectivity index (χ1v) is 10.6. The zero-order valence-corrected chi connectivity index (χ0v) is 17.2. The summed E-state index contributed by atoms with van der Waals surface area (Å²) in [5, 5.41) is 0. The first-order chi connectivity index (χ1) is 14.4. The number of ether oxygens (including phenoxy) is 1. The molecule has 0 atom stereocenters. The number of hydrogen-bond acceptors (Lipinski definition) is 1. The van der Waals surface area contributed by atoms with Gasteiger partial charge in [0, 0.05) is 5.56 Å². The smallest absolute Gasteiger partial charge is 0.406 e. The molecule has 1 aliphatic carbocycles. The third kappa shape index (κ3) is 6.99. The lowest BCUT2D eigenvalue weighted by atomic mass is 9.78. The van der Waals surface area contributed by atoms with Gasteiger partial charge in [-0.05, 0) is 85.4 Å². The summed E-state index contributed by atoms with van der Waals surface area (Å²) in [6.45, 7) is 2.20. The minimum atomic E-state index is -4.67. The van der Waals surface area contributed by atoms with Crippen molar-refractivity contribution in [3.05, 3.63) is 77.4 Å². The molecule has 2 aromatic carbocycles. The maximum Gasteiger partial charge on any atom is 0.573 e. The van der Waals surface area contributed by atoms with Gasteiger partial charge in [0.05, 0.1) is 0 Å². The molecule has 30 heavy (non-hydrogen) atoms. The maximum atomic E-state index is 12.2. The van der Waals surface area contributed by atoms with Gasteiger partial charge in [-0.2, -0.15) is 0 Å². The molecule has 1 nitrogen and oxygen atoms in total. The average Bonchev–Trinajstić information content (AvgIpc) is 2.73. The Kier molecular flexibility index (Phi) is 7.63. The number of rotatable bonds is 5. The fourth-order valence-electron chi connectivity index (χ4n) is 3.94. The predicted molar refractivity (Wildman–Crippen MR) is 114 cm³/mol. The number of benzene rings is 2. The molecule has 2 aromatic rings. The molecular formula is C26H27F3O. The summed E-state index contributed by atoms with van der Waals surface area (Å²) in [7, 11) is 0. The van der Waals surface area contributed by atoms with Gasteiger partial charge in [0.25, 0.3) is 0 Å². The van der Waals surface area contributed by atoms with E-state index in [1.165, 1.54) is 54.7 Å². The van der Waals surface area contributed by atoms with Crippen molar-refractivity contribution in [3.8, 4) is 17.6 Å². The molecule has 0 aliphatic heterocycles. The van der Waals surface area contributed by atoms with Gasteiger partial charge >= 0.3 is 6.36 Å². The monoisotopic (exact) mass is 412 g/mol. The Morgan fingerprint density at radius 2 is 1.63 bits per heavy atom. The normalized spacial score (nSPS) is 19.3. The molecule has 3 rings (SSSR count). The number of halogens is 3. The summed E-state index contributed by atoms with van der Waals surface area (Å²) in [5.41, 5.74) is 3.53. The molecular weight excluding hydrogens is 385 g/mol. The molecule has 1 saturated carbocycles. The van der Waals surface area contributed by atoms with E-state index in [0.29, 0.717) is 17.4 Å². The average molecular weight is 412 g/mol. The van der Waals surface area contributed by atoms with E-state index in [4.69, 9.17) is 0 Å². The second kappa shape index (κ2) is 10.4. The van der Waals surface area contributed by atoms with Crippen LogP contribution in [0.25, 0.3) is 0 Å². The Morgan fingerprint density at radius 3 is 2.23 bits per heavy atom. The topological polar surface area (TPSA) is 9.23 Å². The molecule has 0 aromatic heterocycles. The van der Waals surface area contributed by atoms with Gasteiger partial charge in [-0.15, -0.1) is 13.2 Å². The van der Waals surface area contributed by atoms with E-state index in [1.807, 2.05) is 6.08 Å². The Hall–Kier alpha value is -2.67. The van der Waals surface area contributed by atoms with Crippen LogP contribution in [0.4, 0.5) is 13.2 Å². The summed E-state index contributed by atoms with van der Waals surface area (Å²) < 4.78 is 40.4. The fourth-order valence-corrected chi connectivity index (χ4v) is 3.94. The van der Waals surface area contributed by atoms with E-state index in [1.54, 1.807) is 0 Å². The highest BCUT2D eigenvalue weighted by Crippen LogP contribution is 2.36.